The van der Waals surface area contributed by atoms with Gasteiger partial charge in [0.1, 0.15) is 18.2 Å². The van der Waals surface area contributed by atoms with E-state index in [9.17, 15) is 10.1 Å². The Morgan fingerprint density at radius 2 is 1.91 bits per heavy atom. The highest BCUT2D eigenvalue weighted by atomic mass is 127. The monoisotopic (exact) mass is 558 g/mol. The summed E-state index contributed by atoms with van der Waals surface area (Å²) in [7, 11) is 1.54. The first kappa shape index (κ1) is 23.6. The fourth-order valence-corrected chi connectivity index (χ4v) is 3.42. The van der Waals surface area contributed by atoms with Crippen LogP contribution in [0.1, 0.15) is 16.7 Å². The number of nitrogens with zero attached hydrogens (tertiary/aromatic N) is 1. The van der Waals surface area contributed by atoms with E-state index in [1.165, 1.54) is 6.08 Å². The molecule has 0 heterocycles. The molecule has 0 bridgehead atoms. The number of rotatable bonds is 7. The number of nitrogens with one attached hydrogen (secondary N) is 1. The normalized spacial score (nSPS) is 10.9. The predicted octanol–water partition coefficient (Wildman–Crippen LogP) is 6.39. The van der Waals surface area contributed by atoms with Crippen molar-refractivity contribution in [1.29, 1.82) is 5.26 Å². The molecule has 0 aliphatic heterocycles. The number of nitriles is 1. The molecule has 0 unspecified atom stereocenters. The van der Waals surface area contributed by atoms with Gasteiger partial charge in [-0.1, -0.05) is 35.9 Å². The molecule has 162 valence electrons. The zero-order chi connectivity index (χ0) is 23.1. The molecule has 32 heavy (non-hydrogen) atoms. The average molecular weight is 559 g/mol. The molecule has 0 aromatic heterocycles. The second-order valence-electron chi connectivity index (χ2n) is 6.86. The Labute approximate surface area is 205 Å². The summed E-state index contributed by atoms with van der Waals surface area (Å²) in [5, 5.41) is 12.8. The number of benzene rings is 3. The molecule has 0 spiro atoms. The molecule has 0 radical (unpaired) electrons. The van der Waals surface area contributed by atoms with E-state index < -0.39 is 5.91 Å². The maximum atomic E-state index is 12.6. The molecule has 0 atom stereocenters. The van der Waals surface area contributed by atoms with Gasteiger partial charge in [0, 0.05) is 14.3 Å². The van der Waals surface area contributed by atoms with Crippen molar-refractivity contribution >= 4 is 51.9 Å². The van der Waals surface area contributed by atoms with Crippen molar-refractivity contribution in [2.75, 3.05) is 12.4 Å². The standard InChI is InChI=1S/C25H20ClIN2O3/c1-16-21(26)4-3-5-22(16)29-25(30)19(14-28)12-18-8-11-23(24(13-18)31-2)32-15-17-6-9-20(27)10-7-17/h3-13H,15H2,1-2H3,(H,29,30)/b19-12+. The van der Waals surface area contributed by atoms with Crippen molar-refractivity contribution in [2.45, 2.75) is 13.5 Å². The Balaban J connectivity index is 1.77. The lowest BCUT2D eigenvalue weighted by Gasteiger charge is -2.12. The summed E-state index contributed by atoms with van der Waals surface area (Å²) in [6.45, 7) is 2.20. The molecule has 1 N–H and O–H groups in total. The van der Waals surface area contributed by atoms with Crippen LogP contribution < -0.4 is 14.8 Å². The molecule has 1 amide bonds. The van der Waals surface area contributed by atoms with Crippen molar-refractivity contribution in [2.24, 2.45) is 0 Å². The van der Waals surface area contributed by atoms with Gasteiger partial charge < -0.3 is 14.8 Å². The van der Waals surface area contributed by atoms with Gasteiger partial charge in [0.05, 0.1) is 7.11 Å². The van der Waals surface area contributed by atoms with E-state index in [0.29, 0.717) is 34.4 Å². The van der Waals surface area contributed by atoms with E-state index in [1.807, 2.05) is 30.3 Å². The van der Waals surface area contributed by atoms with Gasteiger partial charge in [0.25, 0.3) is 5.91 Å². The second kappa shape index (κ2) is 11.0. The summed E-state index contributed by atoms with van der Waals surface area (Å²) >= 11 is 8.36. The number of carbonyl (C=O) groups excluding carboxylic acids is 1. The Hall–Kier alpha value is -3.02. The number of carbonyl (C=O) groups is 1. The highest BCUT2D eigenvalue weighted by Gasteiger charge is 2.13. The lowest BCUT2D eigenvalue weighted by atomic mass is 10.1. The molecular weight excluding hydrogens is 539 g/mol. The van der Waals surface area contributed by atoms with E-state index in [-0.39, 0.29) is 5.57 Å². The van der Waals surface area contributed by atoms with Crippen LogP contribution in [0.3, 0.4) is 0 Å². The summed E-state index contributed by atoms with van der Waals surface area (Å²) in [5.41, 5.74) is 2.92. The average Bonchev–Trinajstić information content (AvgIpc) is 2.80. The summed E-state index contributed by atoms with van der Waals surface area (Å²) in [6.07, 6.45) is 1.50. The van der Waals surface area contributed by atoms with Crippen LogP contribution >= 0.6 is 34.2 Å². The molecule has 0 saturated heterocycles. The Bertz CT molecular complexity index is 1200. The molecule has 3 aromatic rings. The van der Waals surface area contributed by atoms with Crippen LogP contribution in [0.5, 0.6) is 11.5 Å². The summed E-state index contributed by atoms with van der Waals surface area (Å²) in [5.74, 6) is 0.559. The fraction of sp³-hybridized carbons (Fsp3) is 0.120. The van der Waals surface area contributed by atoms with Gasteiger partial charge in [-0.3, -0.25) is 4.79 Å². The van der Waals surface area contributed by atoms with Crippen molar-refractivity contribution in [3.63, 3.8) is 0 Å². The Kier molecular flexibility index (Phi) is 8.14. The van der Waals surface area contributed by atoms with Gasteiger partial charge >= 0.3 is 0 Å². The zero-order valence-electron chi connectivity index (χ0n) is 17.5. The van der Waals surface area contributed by atoms with E-state index >= 15 is 0 Å². The minimum atomic E-state index is -0.518. The van der Waals surface area contributed by atoms with Crippen molar-refractivity contribution in [3.8, 4) is 17.6 Å². The van der Waals surface area contributed by atoms with Crippen LogP contribution in [-0.4, -0.2) is 13.0 Å². The highest BCUT2D eigenvalue weighted by molar-refractivity contribution is 14.1. The first-order chi connectivity index (χ1) is 15.4. The van der Waals surface area contributed by atoms with Crippen LogP contribution in [0.15, 0.2) is 66.2 Å². The van der Waals surface area contributed by atoms with Crippen LogP contribution in [-0.2, 0) is 11.4 Å². The number of amides is 1. The first-order valence-electron chi connectivity index (χ1n) is 9.65. The maximum absolute atomic E-state index is 12.6. The van der Waals surface area contributed by atoms with Gasteiger partial charge in [-0.25, -0.2) is 0 Å². The molecule has 0 aliphatic rings. The quantitative estimate of drug-likeness (QED) is 0.207. The van der Waals surface area contributed by atoms with Crippen LogP contribution in [0.25, 0.3) is 6.08 Å². The molecule has 7 heteroatoms. The van der Waals surface area contributed by atoms with Crippen molar-refractivity contribution < 1.29 is 14.3 Å². The fourth-order valence-electron chi connectivity index (χ4n) is 2.88. The SMILES string of the molecule is COc1cc(/C=C(\C#N)C(=O)Nc2cccc(Cl)c2C)ccc1OCc1ccc(I)cc1. The Morgan fingerprint density at radius 3 is 2.59 bits per heavy atom. The van der Waals surface area contributed by atoms with Crippen molar-refractivity contribution in [1.82, 2.24) is 0 Å². The molecular formula is C25H20ClIN2O3. The van der Waals surface area contributed by atoms with Gasteiger partial charge in [-0.15, -0.1) is 0 Å². The van der Waals surface area contributed by atoms with E-state index in [1.54, 1.807) is 50.4 Å². The van der Waals surface area contributed by atoms with Gasteiger partial charge in [0.2, 0.25) is 0 Å². The smallest absolute Gasteiger partial charge is 0.266 e. The predicted molar refractivity (Wildman–Crippen MR) is 135 cm³/mol. The summed E-state index contributed by atoms with van der Waals surface area (Å²) in [4.78, 5) is 12.6. The first-order valence-corrected chi connectivity index (χ1v) is 11.1. The molecule has 0 saturated carbocycles. The van der Waals surface area contributed by atoms with Crippen LogP contribution in [0, 0.1) is 21.8 Å². The van der Waals surface area contributed by atoms with Gasteiger partial charge in [-0.2, -0.15) is 5.26 Å². The van der Waals surface area contributed by atoms with Crippen LogP contribution in [0.4, 0.5) is 5.69 Å². The molecule has 0 fully saturated rings. The van der Waals surface area contributed by atoms with Crippen molar-refractivity contribution in [3.05, 3.63) is 91.5 Å². The zero-order valence-corrected chi connectivity index (χ0v) is 20.4. The third kappa shape index (κ3) is 6.02. The molecule has 3 rings (SSSR count). The number of ether oxygens (including phenoxy) is 2. The van der Waals surface area contributed by atoms with E-state index in [4.69, 9.17) is 21.1 Å². The number of hydrogen-bond acceptors (Lipinski definition) is 4. The lowest BCUT2D eigenvalue weighted by molar-refractivity contribution is -0.112. The maximum Gasteiger partial charge on any atom is 0.266 e. The second-order valence-corrected chi connectivity index (χ2v) is 8.51. The molecule has 5 nitrogen and oxygen atoms in total. The third-order valence-corrected chi connectivity index (χ3v) is 5.82. The number of methoxy groups -OCH3 is 1. The number of hydrogen-bond donors (Lipinski definition) is 1. The molecule has 0 aliphatic carbocycles. The summed E-state index contributed by atoms with van der Waals surface area (Å²) < 4.78 is 12.5. The Morgan fingerprint density at radius 1 is 1.16 bits per heavy atom. The minimum absolute atomic E-state index is 0.0426. The largest absolute Gasteiger partial charge is 0.493 e. The summed E-state index contributed by atoms with van der Waals surface area (Å²) in [6, 6.07) is 20.4. The highest BCUT2D eigenvalue weighted by Crippen LogP contribution is 2.30. The minimum Gasteiger partial charge on any atom is -0.493 e. The third-order valence-electron chi connectivity index (χ3n) is 4.69. The van der Waals surface area contributed by atoms with Gasteiger partial charge in [-0.05, 0) is 88.7 Å². The molecule has 3 aromatic carbocycles. The van der Waals surface area contributed by atoms with Gasteiger partial charge in [0.15, 0.2) is 11.5 Å². The van der Waals surface area contributed by atoms with Crippen LogP contribution in [0.2, 0.25) is 5.02 Å². The number of halogens is 2. The van der Waals surface area contributed by atoms with E-state index in [0.717, 1.165) is 14.7 Å². The topological polar surface area (TPSA) is 71.3 Å². The lowest BCUT2D eigenvalue weighted by Crippen LogP contribution is -2.14. The number of anilines is 1. The van der Waals surface area contributed by atoms with E-state index in [2.05, 4.69) is 27.9 Å².